The molecule has 0 saturated heterocycles. The summed E-state index contributed by atoms with van der Waals surface area (Å²) in [5, 5.41) is 8.65. The number of nitrogens with one attached hydrogen (secondary N) is 1. The zero-order valence-corrected chi connectivity index (χ0v) is 16.4. The van der Waals surface area contributed by atoms with E-state index in [1.165, 1.54) is 17.7 Å². The number of aromatic nitrogens is 3. The van der Waals surface area contributed by atoms with E-state index in [9.17, 15) is 9.18 Å². The number of carbonyl (C=O) groups excluding carboxylic acids is 1. The molecule has 0 bridgehead atoms. The number of thioether (sulfide) groups is 1. The van der Waals surface area contributed by atoms with E-state index in [4.69, 9.17) is 5.10 Å². The second-order valence-corrected chi connectivity index (χ2v) is 8.14. The van der Waals surface area contributed by atoms with E-state index in [0.29, 0.717) is 17.5 Å². The van der Waals surface area contributed by atoms with Crippen molar-refractivity contribution in [1.82, 2.24) is 14.8 Å². The van der Waals surface area contributed by atoms with Crippen LogP contribution in [0.3, 0.4) is 0 Å². The molecule has 0 radical (unpaired) electrons. The van der Waals surface area contributed by atoms with Crippen LogP contribution in [0.15, 0.2) is 71.5 Å². The summed E-state index contributed by atoms with van der Waals surface area (Å²) in [4.78, 5) is 17.4. The van der Waals surface area contributed by atoms with Gasteiger partial charge in [-0.1, -0.05) is 60.3 Å². The molecule has 2 heterocycles. The number of ketones is 1. The van der Waals surface area contributed by atoms with E-state index in [1.54, 1.807) is 28.6 Å². The second kappa shape index (κ2) is 7.48. The molecule has 0 fully saturated rings. The van der Waals surface area contributed by atoms with Crippen LogP contribution < -0.4 is 5.32 Å². The third kappa shape index (κ3) is 3.46. The van der Waals surface area contributed by atoms with Crippen LogP contribution in [-0.4, -0.2) is 20.5 Å². The second-order valence-electron chi connectivity index (χ2n) is 7.20. The van der Waals surface area contributed by atoms with Gasteiger partial charge in [0.1, 0.15) is 11.6 Å². The summed E-state index contributed by atoms with van der Waals surface area (Å²) in [5.74, 6) is 0.897. The standard InChI is InChI=1S/C22H19FN4OS/c23-16-11-9-15(10-12-16)20-19-17(7-4-8-18(19)28)24-21-25-22(26-27(20)21)29-13-14-5-2-1-3-6-14/h1-3,5-7,9-12,19-20H,4,8,13H2,(H,24,25,26). The lowest BCUT2D eigenvalue weighted by molar-refractivity contribution is -0.123. The quantitative estimate of drug-likeness (QED) is 0.643. The van der Waals surface area contributed by atoms with E-state index >= 15 is 0 Å². The third-order valence-electron chi connectivity index (χ3n) is 5.31. The number of rotatable bonds is 4. The Labute approximate surface area is 172 Å². The molecule has 5 rings (SSSR count). The molecule has 1 aliphatic heterocycles. The van der Waals surface area contributed by atoms with Crippen LogP contribution in [0.5, 0.6) is 0 Å². The van der Waals surface area contributed by atoms with Crippen molar-refractivity contribution < 1.29 is 9.18 Å². The first-order valence-corrected chi connectivity index (χ1v) is 10.6. The van der Waals surface area contributed by atoms with E-state index in [1.807, 2.05) is 18.2 Å². The highest BCUT2D eigenvalue weighted by Crippen LogP contribution is 2.42. The topological polar surface area (TPSA) is 59.8 Å². The number of benzene rings is 2. The first-order chi connectivity index (χ1) is 14.2. The summed E-state index contributed by atoms with van der Waals surface area (Å²) in [6.45, 7) is 0. The van der Waals surface area contributed by atoms with E-state index < -0.39 is 0 Å². The molecule has 2 atom stereocenters. The lowest BCUT2D eigenvalue weighted by atomic mass is 9.81. The molecular formula is C22H19FN4OS. The van der Waals surface area contributed by atoms with E-state index in [2.05, 4.69) is 28.5 Å². The van der Waals surface area contributed by atoms with Crippen molar-refractivity contribution in [2.45, 2.75) is 29.8 Å². The minimum absolute atomic E-state index is 0.170. The van der Waals surface area contributed by atoms with E-state index in [0.717, 1.165) is 23.4 Å². The van der Waals surface area contributed by atoms with Crippen molar-refractivity contribution in [1.29, 1.82) is 0 Å². The van der Waals surface area contributed by atoms with Crippen molar-refractivity contribution in [3.05, 3.63) is 83.3 Å². The third-order valence-corrected chi connectivity index (χ3v) is 6.22. The molecule has 5 nitrogen and oxygen atoms in total. The number of hydrogen-bond donors (Lipinski definition) is 1. The normalized spacial score (nSPS) is 20.4. The van der Waals surface area contributed by atoms with Crippen molar-refractivity contribution in [2.24, 2.45) is 5.92 Å². The summed E-state index contributed by atoms with van der Waals surface area (Å²) < 4.78 is 15.3. The number of allylic oxidation sites excluding steroid dienone is 2. The Morgan fingerprint density at radius 2 is 1.93 bits per heavy atom. The lowest BCUT2D eigenvalue weighted by Gasteiger charge is -2.36. The summed E-state index contributed by atoms with van der Waals surface area (Å²) in [6.07, 6.45) is 3.29. The number of hydrogen-bond acceptors (Lipinski definition) is 5. The molecule has 1 aliphatic carbocycles. The Bertz CT molecular complexity index is 1080. The van der Waals surface area contributed by atoms with E-state index in [-0.39, 0.29) is 23.6 Å². The van der Waals surface area contributed by atoms with Gasteiger partial charge in [-0.15, -0.1) is 5.10 Å². The van der Waals surface area contributed by atoms with Crippen molar-refractivity contribution >= 4 is 23.5 Å². The van der Waals surface area contributed by atoms with Gasteiger partial charge in [0.25, 0.3) is 0 Å². The molecule has 7 heteroatoms. The first-order valence-electron chi connectivity index (χ1n) is 9.57. The number of nitrogens with zero attached hydrogens (tertiary/aromatic N) is 3. The minimum atomic E-state index is -0.351. The summed E-state index contributed by atoms with van der Waals surface area (Å²) in [5.41, 5.74) is 2.92. The largest absolute Gasteiger partial charge is 0.328 e. The molecule has 0 amide bonds. The Kier molecular flexibility index (Phi) is 4.67. The number of carbonyl (C=O) groups is 1. The van der Waals surface area contributed by atoms with Gasteiger partial charge in [0, 0.05) is 17.9 Å². The van der Waals surface area contributed by atoms with Gasteiger partial charge in [-0.3, -0.25) is 4.79 Å². The lowest BCUT2D eigenvalue weighted by Crippen LogP contribution is -2.38. The van der Waals surface area contributed by atoms with Crippen LogP contribution in [0.4, 0.5) is 10.3 Å². The maximum Gasteiger partial charge on any atom is 0.227 e. The molecule has 1 N–H and O–H groups in total. The Morgan fingerprint density at radius 1 is 1.14 bits per heavy atom. The van der Waals surface area contributed by atoms with Gasteiger partial charge in [-0.05, 0) is 29.7 Å². The SMILES string of the molecule is O=C1CCC=C2Nc3nc(SCc4ccccc4)nn3C(c3ccc(F)cc3)C12. The summed E-state index contributed by atoms with van der Waals surface area (Å²) in [7, 11) is 0. The molecular weight excluding hydrogens is 387 g/mol. The highest BCUT2D eigenvalue weighted by Gasteiger charge is 2.41. The van der Waals surface area contributed by atoms with Crippen LogP contribution in [0, 0.1) is 11.7 Å². The molecule has 1 aromatic heterocycles. The molecule has 3 aromatic rings. The Balaban J connectivity index is 1.52. The van der Waals surface area contributed by atoms with Gasteiger partial charge in [-0.25, -0.2) is 9.07 Å². The molecule has 0 spiro atoms. The number of fused-ring (bicyclic) bond motifs is 2. The predicted molar refractivity (Wildman–Crippen MR) is 110 cm³/mol. The van der Waals surface area contributed by atoms with Gasteiger partial charge in [0.2, 0.25) is 11.1 Å². The van der Waals surface area contributed by atoms with Crippen LogP contribution in [0.25, 0.3) is 0 Å². The molecule has 146 valence electrons. The van der Waals surface area contributed by atoms with Gasteiger partial charge in [0.05, 0.1) is 12.0 Å². The number of Topliss-reactive ketones (excluding diaryl/α,β-unsaturated/α-hetero) is 1. The van der Waals surface area contributed by atoms with Crippen LogP contribution in [-0.2, 0) is 10.5 Å². The fraction of sp³-hybridized carbons (Fsp3) is 0.227. The first kappa shape index (κ1) is 18.1. The maximum atomic E-state index is 13.5. The molecule has 0 saturated carbocycles. The minimum Gasteiger partial charge on any atom is -0.328 e. The number of anilines is 1. The monoisotopic (exact) mass is 406 g/mol. The van der Waals surface area contributed by atoms with Gasteiger partial charge in [-0.2, -0.15) is 4.98 Å². The highest BCUT2D eigenvalue weighted by atomic mass is 32.2. The number of halogens is 1. The van der Waals surface area contributed by atoms with Crippen LogP contribution in [0.2, 0.25) is 0 Å². The smallest absolute Gasteiger partial charge is 0.227 e. The maximum absolute atomic E-state index is 13.5. The van der Waals surface area contributed by atoms with Gasteiger partial charge >= 0.3 is 0 Å². The van der Waals surface area contributed by atoms with Gasteiger partial charge in [0.15, 0.2) is 0 Å². The average Bonchev–Trinajstić information content (AvgIpc) is 3.15. The summed E-state index contributed by atoms with van der Waals surface area (Å²) in [6, 6.07) is 16.1. The fourth-order valence-electron chi connectivity index (χ4n) is 3.93. The van der Waals surface area contributed by atoms with Crippen molar-refractivity contribution in [2.75, 3.05) is 5.32 Å². The fourth-order valence-corrected chi connectivity index (χ4v) is 4.72. The Hall–Kier alpha value is -2.93. The summed E-state index contributed by atoms with van der Waals surface area (Å²) >= 11 is 1.55. The van der Waals surface area contributed by atoms with Crippen LogP contribution >= 0.6 is 11.8 Å². The van der Waals surface area contributed by atoms with Crippen LogP contribution in [0.1, 0.15) is 30.0 Å². The van der Waals surface area contributed by atoms with Crippen molar-refractivity contribution in [3.8, 4) is 0 Å². The zero-order valence-electron chi connectivity index (χ0n) is 15.6. The Morgan fingerprint density at radius 3 is 2.72 bits per heavy atom. The van der Waals surface area contributed by atoms with Gasteiger partial charge < -0.3 is 5.32 Å². The highest BCUT2D eigenvalue weighted by molar-refractivity contribution is 7.98. The molecule has 2 unspecified atom stereocenters. The molecule has 2 aliphatic rings. The predicted octanol–water partition coefficient (Wildman–Crippen LogP) is 4.59. The zero-order chi connectivity index (χ0) is 19.8. The van der Waals surface area contributed by atoms with Crippen molar-refractivity contribution in [3.63, 3.8) is 0 Å². The average molecular weight is 406 g/mol. The molecule has 2 aromatic carbocycles. The molecule has 29 heavy (non-hydrogen) atoms.